The minimum absolute atomic E-state index is 0.115. The molecular formula is C28H37N7O4S. The van der Waals surface area contributed by atoms with Crippen LogP contribution in [-0.4, -0.2) is 75.0 Å². The lowest BCUT2D eigenvalue weighted by Gasteiger charge is -2.37. The summed E-state index contributed by atoms with van der Waals surface area (Å²) in [6, 6.07) is 3.19. The Morgan fingerprint density at radius 1 is 1.18 bits per heavy atom. The van der Waals surface area contributed by atoms with Crippen molar-refractivity contribution in [3.63, 3.8) is 0 Å². The molecule has 214 valence electrons. The van der Waals surface area contributed by atoms with Crippen molar-refractivity contribution < 1.29 is 14.7 Å². The third kappa shape index (κ3) is 6.93. The molecule has 1 fully saturated rings. The van der Waals surface area contributed by atoms with Gasteiger partial charge in [0.1, 0.15) is 11.5 Å². The zero-order chi connectivity index (χ0) is 28.8. The summed E-state index contributed by atoms with van der Waals surface area (Å²) in [5.41, 5.74) is 14.0. The fourth-order valence-electron chi connectivity index (χ4n) is 4.67. The number of amides is 1. The van der Waals surface area contributed by atoms with Crippen molar-refractivity contribution in [1.82, 2.24) is 19.3 Å². The number of pyridine rings is 1. The van der Waals surface area contributed by atoms with Crippen molar-refractivity contribution >= 4 is 40.8 Å². The number of carbonyl (C=O) groups excluding carboxylic acids is 1. The number of carboxylic acid groups (broad SMARTS) is 1. The number of piperazine rings is 1. The van der Waals surface area contributed by atoms with Crippen LogP contribution in [-0.2, 0) is 22.4 Å². The number of nitrogens with two attached hydrogens (primary N) is 2. The van der Waals surface area contributed by atoms with E-state index in [0.29, 0.717) is 62.9 Å². The average molecular weight is 568 g/mol. The number of anilines is 1. The zero-order valence-electron chi connectivity index (χ0n) is 23.0. The van der Waals surface area contributed by atoms with Gasteiger partial charge in [-0.2, -0.15) is 0 Å². The van der Waals surface area contributed by atoms with E-state index >= 15 is 0 Å². The molecule has 40 heavy (non-hydrogen) atoms. The van der Waals surface area contributed by atoms with Crippen LogP contribution in [0.3, 0.4) is 0 Å². The maximum atomic E-state index is 13.5. The second-order valence-corrected chi connectivity index (χ2v) is 11.2. The highest BCUT2D eigenvalue weighted by atomic mass is 32.1. The zero-order valence-corrected chi connectivity index (χ0v) is 23.8. The van der Waals surface area contributed by atoms with E-state index in [0.717, 1.165) is 35.2 Å². The van der Waals surface area contributed by atoms with Crippen molar-refractivity contribution in [3.8, 4) is 0 Å². The van der Waals surface area contributed by atoms with Crippen LogP contribution in [0.25, 0.3) is 11.7 Å². The molecule has 5 N–H and O–H groups in total. The van der Waals surface area contributed by atoms with E-state index in [1.54, 1.807) is 22.4 Å². The predicted octanol–water partition coefficient (Wildman–Crippen LogP) is 1.87. The predicted molar refractivity (Wildman–Crippen MR) is 157 cm³/mol. The number of aliphatic carboxylic acids is 1. The van der Waals surface area contributed by atoms with Gasteiger partial charge in [-0.25, -0.2) is 14.8 Å². The van der Waals surface area contributed by atoms with Gasteiger partial charge in [-0.3, -0.25) is 14.0 Å². The van der Waals surface area contributed by atoms with Gasteiger partial charge >= 0.3 is 5.97 Å². The van der Waals surface area contributed by atoms with Gasteiger partial charge in [-0.1, -0.05) is 13.8 Å². The van der Waals surface area contributed by atoms with Crippen LogP contribution in [0.2, 0.25) is 0 Å². The molecule has 11 nitrogen and oxygen atoms in total. The molecule has 0 aromatic carbocycles. The van der Waals surface area contributed by atoms with Crippen molar-refractivity contribution in [2.45, 2.75) is 51.5 Å². The number of carbonyl (C=O) groups is 2. The average Bonchev–Trinajstić information content (AvgIpc) is 3.43. The lowest BCUT2D eigenvalue weighted by Crippen LogP contribution is -2.53. The van der Waals surface area contributed by atoms with Crippen molar-refractivity contribution in [2.75, 3.05) is 37.6 Å². The molecule has 1 atom stereocenters. The first-order valence-electron chi connectivity index (χ1n) is 13.6. The molecule has 1 aliphatic heterocycles. The summed E-state index contributed by atoms with van der Waals surface area (Å²) in [6.45, 7) is 6.45. The van der Waals surface area contributed by atoms with Gasteiger partial charge in [0.25, 0.3) is 5.56 Å². The fraction of sp³-hybridized carbons (Fsp3) is 0.464. The number of hydrogen-bond acceptors (Lipinski definition) is 9. The number of thiazole rings is 1. The van der Waals surface area contributed by atoms with Crippen LogP contribution < -0.4 is 21.9 Å². The van der Waals surface area contributed by atoms with Gasteiger partial charge in [0, 0.05) is 50.3 Å². The Bertz CT molecular complexity index is 1440. The number of aromatic nitrogens is 3. The number of carboxylic acids is 1. The Morgan fingerprint density at radius 2 is 1.93 bits per heavy atom. The summed E-state index contributed by atoms with van der Waals surface area (Å²) < 4.78 is 1.44. The first-order valence-corrected chi connectivity index (χ1v) is 14.5. The van der Waals surface area contributed by atoms with Gasteiger partial charge in [-0.05, 0) is 55.5 Å². The van der Waals surface area contributed by atoms with Gasteiger partial charge < -0.3 is 26.4 Å². The van der Waals surface area contributed by atoms with E-state index in [-0.39, 0.29) is 17.0 Å². The Labute approximate surface area is 237 Å². The van der Waals surface area contributed by atoms with Crippen molar-refractivity contribution in [3.05, 3.63) is 62.0 Å². The maximum Gasteiger partial charge on any atom is 0.328 e. The van der Waals surface area contributed by atoms with E-state index in [1.807, 2.05) is 17.0 Å². The summed E-state index contributed by atoms with van der Waals surface area (Å²) in [5, 5.41) is 12.4. The molecule has 12 heteroatoms. The van der Waals surface area contributed by atoms with E-state index in [4.69, 9.17) is 21.4 Å². The SMILES string of the molecule is CC(C)c1csc(CCc2ccn3c(=O)c(/C=C/C(=O)O)c(N4CCN(C(=O)C(N)CCCN)CC4)nc3c2)n1. The lowest BCUT2D eigenvalue weighted by molar-refractivity contribution is -0.133. The molecule has 1 aliphatic rings. The van der Waals surface area contributed by atoms with Crippen LogP contribution in [0.1, 0.15) is 54.4 Å². The van der Waals surface area contributed by atoms with Crippen LogP contribution in [0.15, 0.2) is 34.6 Å². The molecule has 0 saturated carbocycles. The van der Waals surface area contributed by atoms with Gasteiger partial charge in [0.2, 0.25) is 5.91 Å². The Morgan fingerprint density at radius 3 is 2.58 bits per heavy atom. The first kappa shape index (κ1) is 29.4. The number of fused-ring (bicyclic) bond motifs is 1. The monoisotopic (exact) mass is 567 g/mol. The van der Waals surface area contributed by atoms with Crippen molar-refractivity contribution in [1.29, 1.82) is 0 Å². The molecule has 0 radical (unpaired) electrons. The van der Waals surface area contributed by atoms with Crippen LogP contribution in [0, 0.1) is 0 Å². The van der Waals surface area contributed by atoms with E-state index in [2.05, 4.69) is 19.2 Å². The van der Waals surface area contributed by atoms with Crippen molar-refractivity contribution in [2.24, 2.45) is 11.5 Å². The number of nitrogens with zero attached hydrogens (tertiary/aromatic N) is 5. The lowest BCUT2D eigenvalue weighted by atomic mass is 10.1. The van der Waals surface area contributed by atoms with Gasteiger partial charge in [0.15, 0.2) is 0 Å². The highest BCUT2D eigenvalue weighted by Gasteiger charge is 2.27. The molecule has 1 unspecified atom stereocenters. The van der Waals surface area contributed by atoms with Crippen LogP contribution >= 0.6 is 11.3 Å². The molecule has 3 aromatic rings. The van der Waals surface area contributed by atoms with Gasteiger partial charge in [-0.15, -0.1) is 11.3 Å². The molecule has 4 heterocycles. The Balaban J connectivity index is 1.58. The summed E-state index contributed by atoms with van der Waals surface area (Å²) in [6.07, 6.45) is 6.67. The maximum absolute atomic E-state index is 13.5. The molecule has 1 saturated heterocycles. The summed E-state index contributed by atoms with van der Waals surface area (Å²) in [4.78, 5) is 50.7. The highest BCUT2D eigenvalue weighted by molar-refractivity contribution is 7.09. The number of aryl methyl sites for hydroxylation is 2. The van der Waals surface area contributed by atoms with Gasteiger partial charge in [0.05, 0.1) is 22.3 Å². The molecule has 0 aliphatic carbocycles. The first-order chi connectivity index (χ1) is 19.2. The minimum atomic E-state index is -1.16. The third-order valence-electron chi connectivity index (χ3n) is 7.02. The van der Waals surface area contributed by atoms with Crippen LogP contribution in [0.4, 0.5) is 5.82 Å². The number of rotatable bonds is 11. The molecule has 1 amide bonds. The summed E-state index contributed by atoms with van der Waals surface area (Å²) in [7, 11) is 0. The summed E-state index contributed by atoms with van der Waals surface area (Å²) >= 11 is 1.66. The molecule has 0 bridgehead atoms. The van der Waals surface area contributed by atoms with Crippen LogP contribution in [0.5, 0.6) is 0 Å². The normalized spacial score (nSPS) is 14.9. The Hall–Kier alpha value is -3.61. The largest absolute Gasteiger partial charge is 0.478 e. The molecule has 4 rings (SSSR count). The molecular weight excluding hydrogens is 530 g/mol. The highest BCUT2D eigenvalue weighted by Crippen LogP contribution is 2.22. The minimum Gasteiger partial charge on any atom is -0.478 e. The van der Waals surface area contributed by atoms with E-state index in [9.17, 15) is 19.5 Å². The second kappa shape index (κ2) is 13.2. The Kier molecular flexibility index (Phi) is 9.67. The molecule has 0 spiro atoms. The fourth-order valence-corrected chi connectivity index (χ4v) is 5.63. The topological polar surface area (TPSA) is 160 Å². The second-order valence-electron chi connectivity index (χ2n) is 10.3. The third-order valence-corrected chi connectivity index (χ3v) is 7.94. The van der Waals surface area contributed by atoms with E-state index < -0.39 is 12.0 Å². The quantitative estimate of drug-likeness (QED) is 0.294. The smallest absolute Gasteiger partial charge is 0.328 e. The number of hydrogen-bond donors (Lipinski definition) is 3. The standard InChI is InChI=1S/C28H37N7O4S/c1-18(2)22-17-40-24(31-22)7-5-19-9-11-35-23(16-19)32-26(20(27(35)38)6-8-25(36)37)33-12-14-34(15-13-33)28(39)21(30)4-3-10-29/h6,8-9,11,16-18,21H,3-5,7,10,12-15,29-30H2,1-2H3,(H,36,37)/b8-6+. The van der Waals surface area contributed by atoms with E-state index in [1.165, 1.54) is 10.5 Å². The molecule has 3 aromatic heterocycles. The summed E-state index contributed by atoms with van der Waals surface area (Å²) in [5.74, 6) is -0.482.